The summed E-state index contributed by atoms with van der Waals surface area (Å²) in [5.41, 5.74) is 0.472. The van der Waals surface area contributed by atoms with Crippen molar-refractivity contribution in [2.45, 2.75) is 13.0 Å². The van der Waals surface area contributed by atoms with Crippen LogP contribution < -0.4 is 5.32 Å². The smallest absolute Gasteiger partial charge is 0.337 e. The lowest BCUT2D eigenvalue weighted by Gasteiger charge is -2.11. The van der Waals surface area contributed by atoms with Crippen molar-refractivity contribution in [3.05, 3.63) is 29.8 Å². The largest absolute Gasteiger partial charge is 0.479 e. The van der Waals surface area contributed by atoms with Gasteiger partial charge in [-0.25, -0.2) is 4.79 Å². The maximum atomic E-state index is 10.8. The fourth-order valence-corrected chi connectivity index (χ4v) is 1.17. The molecule has 1 aromatic rings. The molecule has 80 valence electrons. The zero-order valence-electron chi connectivity index (χ0n) is 8.10. The lowest BCUT2D eigenvalue weighted by molar-refractivity contribution is -0.146. The van der Waals surface area contributed by atoms with Crippen molar-refractivity contribution in [2.75, 3.05) is 5.32 Å². The van der Waals surface area contributed by atoms with Gasteiger partial charge in [-0.2, -0.15) is 0 Å². The molecule has 3 N–H and O–H groups in total. The molecule has 0 aliphatic carbocycles. The summed E-state index contributed by atoms with van der Waals surface area (Å²) in [6.07, 6.45) is -1.63. The molecule has 0 unspecified atom stereocenters. The number of carboxylic acids is 1. The van der Waals surface area contributed by atoms with Crippen molar-refractivity contribution in [3.63, 3.8) is 0 Å². The van der Waals surface area contributed by atoms with Gasteiger partial charge in [-0.05, 0) is 6.07 Å². The van der Waals surface area contributed by atoms with Crippen LogP contribution >= 0.6 is 0 Å². The maximum Gasteiger partial charge on any atom is 0.337 e. The Balaban J connectivity index is 3.05. The lowest BCUT2D eigenvalue weighted by atomic mass is 10.1. The first-order valence-electron chi connectivity index (χ1n) is 4.29. The van der Waals surface area contributed by atoms with Crippen molar-refractivity contribution < 1.29 is 19.8 Å². The van der Waals surface area contributed by atoms with Crippen LogP contribution in [0.1, 0.15) is 18.6 Å². The molecule has 0 aliphatic rings. The lowest BCUT2D eigenvalue weighted by Crippen LogP contribution is -2.15. The van der Waals surface area contributed by atoms with Gasteiger partial charge in [0.1, 0.15) is 0 Å². The van der Waals surface area contributed by atoms with E-state index in [9.17, 15) is 14.7 Å². The molecule has 5 heteroatoms. The van der Waals surface area contributed by atoms with Gasteiger partial charge in [-0.15, -0.1) is 0 Å². The van der Waals surface area contributed by atoms with E-state index < -0.39 is 12.1 Å². The van der Waals surface area contributed by atoms with Gasteiger partial charge in [0.15, 0.2) is 6.10 Å². The van der Waals surface area contributed by atoms with Crippen molar-refractivity contribution in [1.82, 2.24) is 0 Å². The van der Waals surface area contributed by atoms with Gasteiger partial charge in [0.25, 0.3) is 0 Å². The second-order valence-corrected chi connectivity index (χ2v) is 3.01. The monoisotopic (exact) mass is 209 g/mol. The number of rotatable bonds is 3. The van der Waals surface area contributed by atoms with Crippen LogP contribution in [0.5, 0.6) is 0 Å². The minimum atomic E-state index is -1.63. The first-order chi connectivity index (χ1) is 7.02. The molecule has 1 amide bonds. The zero-order valence-corrected chi connectivity index (χ0v) is 8.10. The molecule has 0 saturated heterocycles. The molecule has 1 aromatic carbocycles. The molecule has 0 fully saturated rings. The number of hydrogen-bond donors (Lipinski definition) is 3. The Morgan fingerprint density at radius 1 is 1.33 bits per heavy atom. The Morgan fingerprint density at radius 2 is 1.93 bits per heavy atom. The van der Waals surface area contributed by atoms with Crippen LogP contribution in [-0.4, -0.2) is 22.1 Å². The molecule has 0 saturated carbocycles. The van der Waals surface area contributed by atoms with Crippen molar-refractivity contribution >= 4 is 17.6 Å². The van der Waals surface area contributed by atoms with E-state index in [-0.39, 0.29) is 11.5 Å². The molecule has 0 aromatic heterocycles. The normalized spacial score (nSPS) is 11.9. The molecule has 5 nitrogen and oxygen atoms in total. The van der Waals surface area contributed by atoms with Crippen LogP contribution in [0.2, 0.25) is 0 Å². The highest BCUT2D eigenvalue weighted by Gasteiger charge is 2.19. The van der Waals surface area contributed by atoms with E-state index >= 15 is 0 Å². The number of carboxylic acid groups (broad SMARTS) is 1. The predicted molar refractivity (Wildman–Crippen MR) is 53.3 cm³/mol. The van der Waals surface area contributed by atoms with E-state index in [4.69, 9.17) is 5.11 Å². The number of nitrogens with one attached hydrogen (secondary N) is 1. The molecule has 0 bridgehead atoms. The summed E-state index contributed by atoms with van der Waals surface area (Å²) in [7, 11) is 0. The van der Waals surface area contributed by atoms with E-state index in [2.05, 4.69) is 5.32 Å². The van der Waals surface area contributed by atoms with Gasteiger partial charge in [-0.3, -0.25) is 4.79 Å². The number of para-hydroxylation sites is 1. The average Bonchev–Trinajstić information content (AvgIpc) is 2.16. The number of aliphatic hydroxyl groups excluding tert-OH is 1. The van der Waals surface area contributed by atoms with Gasteiger partial charge in [-0.1, -0.05) is 18.2 Å². The number of benzene rings is 1. The fraction of sp³-hybridized carbons (Fsp3) is 0.200. The standard InChI is InChI=1S/C10H11NO4/c1-6(12)11-8-5-3-2-4-7(8)9(13)10(14)15/h2-5,9,13H,1H3,(H,11,12)(H,14,15)/t9-/m0/s1. The molecule has 1 atom stereocenters. The molecular weight excluding hydrogens is 198 g/mol. The van der Waals surface area contributed by atoms with E-state index in [1.165, 1.54) is 19.1 Å². The van der Waals surface area contributed by atoms with Crippen LogP contribution in [-0.2, 0) is 9.59 Å². The third-order valence-corrected chi connectivity index (χ3v) is 1.80. The first-order valence-corrected chi connectivity index (χ1v) is 4.29. The topological polar surface area (TPSA) is 86.6 Å². The molecule has 15 heavy (non-hydrogen) atoms. The number of anilines is 1. The second kappa shape index (κ2) is 4.56. The third kappa shape index (κ3) is 2.78. The Morgan fingerprint density at radius 3 is 2.47 bits per heavy atom. The predicted octanol–water partition coefficient (Wildman–Crippen LogP) is 0.763. The Labute approximate surface area is 86.4 Å². The number of carbonyl (C=O) groups is 2. The Kier molecular flexibility index (Phi) is 3.41. The summed E-state index contributed by atoms with van der Waals surface area (Å²) < 4.78 is 0. The van der Waals surface area contributed by atoms with Gasteiger partial charge >= 0.3 is 5.97 Å². The minimum absolute atomic E-state index is 0.167. The SMILES string of the molecule is CC(=O)Nc1ccccc1[C@H](O)C(=O)O. The summed E-state index contributed by atoms with van der Waals surface area (Å²) >= 11 is 0. The highest BCUT2D eigenvalue weighted by molar-refractivity contribution is 5.90. The van der Waals surface area contributed by atoms with Crippen molar-refractivity contribution in [2.24, 2.45) is 0 Å². The average molecular weight is 209 g/mol. The fourth-order valence-electron chi connectivity index (χ4n) is 1.17. The number of aliphatic carboxylic acids is 1. The summed E-state index contributed by atoms with van der Waals surface area (Å²) in [4.78, 5) is 21.4. The zero-order chi connectivity index (χ0) is 11.4. The van der Waals surface area contributed by atoms with Gasteiger partial charge in [0, 0.05) is 18.2 Å². The Bertz CT molecular complexity index is 389. The van der Waals surface area contributed by atoms with E-state index in [1.54, 1.807) is 12.1 Å². The third-order valence-electron chi connectivity index (χ3n) is 1.80. The Hall–Kier alpha value is -1.88. The van der Waals surface area contributed by atoms with Gasteiger partial charge < -0.3 is 15.5 Å². The maximum absolute atomic E-state index is 10.8. The number of amides is 1. The molecule has 0 heterocycles. The highest BCUT2D eigenvalue weighted by atomic mass is 16.4. The van der Waals surface area contributed by atoms with E-state index in [0.29, 0.717) is 5.69 Å². The van der Waals surface area contributed by atoms with Crippen LogP contribution in [0, 0.1) is 0 Å². The van der Waals surface area contributed by atoms with Gasteiger partial charge in [0.05, 0.1) is 0 Å². The summed E-state index contributed by atoms with van der Waals surface area (Å²) in [5, 5.41) is 20.4. The van der Waals surface area contributed by atoms with Crippen LogP contribution in [0.4, 0.5) is 5.69 Å². The summed E-state index contributed by atoms with van der Waals surface area (Å²) in [6.45, 7) is 1.31. The molecular formula is C10H11NO4. The van der Waals surface area contributed by atoms with Gasteiger partial charge in [0.2, 0.25) is 5.91 Å². The van der Waals surface area contributed by atoms with Crippen molar-refractivity contribution in [1.29, 1.82) is 0 Å². The molecule has 0 spiro atoms. The highest BCUT2D eigenvalue weighted by Crippen LogP contribution is 2.22. The molecule has 1 rings (SSSR count). The summed E-state index contributed by atoms with van der Waals surface area (Å²) in [5.74, 6) is -1.67. The summed E-state index contributed by atoms with van der Waals surface area (Å²) in [6, 6.07) is 6.21. The van der Waals surface area contributed by atoms with Crippen LogP contribution in [0.25, 0.3) is 0 Å². The first kappa shape index (κ1) is 11.2. The second-order valence-electron chi connectivity index (χ2n) is 3.01. The number of hydrogen-bond acceptors (Lipinski definition) is 3. The van der Waals surface area contributed by atoms with Crippen LogP contribution in [0.15, 0.2) is 24.3 Å². The minimum Gasteiger partial charge on any atom is -0.479 e. The van der Waals surface area contributed by atoms with Crippen molar-refractivity contribution in [3.8, 4) is 0 Å². The quantitative estimate of drug-likeness (QED) is 0.686. The molecule has 0 aliphatic heterocycles. The number of carbonyl (C=O) groups excluding carboxylic acids is 1. The number of aliphatic hydroxyl groups is 1. The van der Waals surface area contributed by atoms with E-state index in [1.807, 2.05) is 0 Å². The van der Waals surface area contributed by atoms with E-state index in [0.717, 1.165) is 0 Å². The molecule has 0 radical (unpaired) electrons. The van der Waals surface area contributed by atoms with Crippen LogP contribution in [0.3, 0.4) is 0 Å².